The summed E-state index contributed by atoms with van der Waals surface area (Å²) in [6.07, 6.45) is 0.492. The number of alkyl halides is 2. The van der Waals surface area contributed by atoms with E-state index in [1.54, 1.807) is 22.8 Å². The molecule has 0 N–H and O–H groups in total. The van der Waals surface area contributed by atoms with Crippen LogP contribution < -0.4 is 9.64 Å². The summed E-state index contributed by atoms with van der Waals surface area (Å²) in [6, 6.07) is 15.0. The van der Waals surface area contributed by atoms with Crippen LogP contribution >= 0.6 is 11.6 Å². The predicted molar refractivity (Wildman–Crippen MR) is 158 cm³/mol. The highest BCUT2D eigenvalue weighted by Crippen LogP contribution is 2.41. The lowest BCUT2D eigenvalue weighted by Crippen LogP contribution is -2.56. The van der Waals surface area contributed by atoms with E-state index in [9.17, 15) is 13.6 Å². The third kappa shape index (κ3) is 5.45. The average molecular weight is 598 g/mol. The third-order valence-corrected chi connectivity index (χ3v) is 8.29. The van der Waals surface area contributed by atoms with Gasteiger partial charge in [-0.25, -0.2) is 13.2 Å². The van der Waals surface area contributed by atoms with Crippen molar-refractivity contribution in [1.29, 1.82) is 0 Å². The molecule has 2 aliphatic heterocycles. The molecule has 11 heteroatoms. The van der Waals surface area contributed by atoms with Crippen molar-refractivity contribution in [2.24, 2.45) is 0 Å². The number of anilines is 1. The van der Waals surface area contributed by atoms with Gasteiger partial charge in [-0.1, -0.05) is 54.1 Å². The molecule has 1 aromatic heterocycles. The Balaban J connectivity index is 1.38. The quantitative estimate of drug-likeness (QED) is 0.243. The standard InChI is InChI=1S/C31H31ClF3N5O2/c1-19-16-39(12-13-40(19)20(2)41)29-24-15-25(32)26(23-10-5-8-21-7-3-4-9-22(21)23)27(33)28(24)36-30(37-29)42-14-6-11-38-17-31(34,35)18-38/h3-5,7-10,15,19H,6,11-14,16-18H2,1-2H3. The number of benzene rings is 3. The van der Waals surface area contributed by atoms with Gasteiger partial charge in [0.15, 0.2) is 5.82 Å². The monoisotopic (exact) mass is 597 g/mol. The molecule has 6 rings (SSSR count). The Hall–Kier alpha value is -3.63. The number of hydrogen-bond donors (Lipinski definition) is 0. The highest BCUT2D eigenvalue weighted by atomic mass is 35.5. The van der Waals surface area contributed by atoms with Crippen LogP contribution in [-0.4, -0.2) is 83.5 Å². The zero-order chi connectivity index (χ0) is 29.6. The molecule has 0 bridgehead atoms. The lowest BCUT2D eigenvalue weighted by molar-refractivity contribution is -0.131. The zero-order valence-corrected chi connectivity index (χ0v) is 24.2. The number of ether oxygens (including phenoxy) is 1. The molecule has 4 aromatic rings. The molecule has 0 spiro atoms. The number of nitrogens with zero attached hydrogens (tertiary/aromatic N) is 5. The number of carbonyl (C=O) groups is 1. The van der Waals surface area contributed by atoms with Crippen molar-refractivity contribution in [2.75, 3.05) is 50.8 Å². The molecule has 3 aromatic carbocycles. The van der Waals surface area contributed by atoms with E-state index in [4.69, 9.17) is 16.3 Å². The molecule has 7 nitrogen and oxygen atoms in total. The molecule has 42 heavy (non-hydrogen) atoms. The number of halogens is 4. The molecule has 3 heterocycles. The molecular weight excluding hydrogens is 567 g/mol. The number of aromatic nitrogens is 2. The van der Waals surface area contributed by atoms with Crippen LogP contribution in [0, 0.1) is 5.82 Å². The van der Waals surface area contributed by atoms with Gasteiger partial charge < -0.3 is 14.5 Å². The SMILES string of the molecule is CC(=O)N1CCN(c2nc(OCCCN3CC(F)(F)C3)nc3c(F)c(-c4cccc5ccccc45)c(Cl)cc23)CC1C. The van der Waals surface area contributed by atoms with Gasteiger partial charge in [0.05, 0.1) is 24.7 Å². The highest BCUT2D eigenvalue weighted by molar-refractivity contribution is 6.35. The minimum atomic E-state index is -2.62. The van der Waals surface area contributed by atoms with Gasteiger partial charge in [0.1, 0.15) is 11.3 Å². The molecule has 1 amide bonds. The Morgan fingerprint density at radius 1 is 1.10 bits per heavy atom. The van der Waals surface area contributed by atoms with Crippen molar-refractivity contribution in [3.8, 4) is 17.1 Å². The maximum Gasteiger partial charge on any atom is 0.319 e. The van der Waals surface area contributed by atoms with E-state index in [2.05, 4.69) is 9.97 Å². The van der Waals surface area contributed by atoms with Crippen molar-refractivity contribution in [1.82, 2.24) is 19.8 Å². The Kier molecular flexibility index (Phi) is 7.61. The van der Waals surface area contributed by atoms with Crippen molar-refractivity contribution in [2.45, 2.75) is 32.2 Å². The molecular formula is C31H31ClF3N5O2. The van der Waals surface area contributed by atoms with Gasteiger partial charge in [-0.05, 0) is 35.7 Å². The van der Waals surface area contributed by atoms with E-state index >= 15 is 4.39 Å². The molecule has 0 aliphatic carbocycles. The number of likely N-dealkylation sites (tertiary alicyclic amines) is 1. The van der Waals surface area contributed by atoms with E-state index in [0.717, 1.165) is 10.8 Å². The van der Waals surface area contributed by atoms with Crippen LogP contribution in [0.25, 0.3) is 32.8 Å². The van der Waals surface area contributed by atoms with Gasteiger partial charge in [-0.3, -0.25) is 9.69 Å². The molecule has 1 atom stereocenters. The zero-order valence-electron chi connectivity index (χ0n) is 23.4. The second-order valence-electron chi connectivity index (χ2n) is 11.1. The molecule has 1 unspecified atom stereocenters. The van der Waals surface area contributed by atoms with Crippen molar-refractivity contribution >= 4 is 45.0 Å². The van der Waals surface area contributed by atoms with E-state index in [1.165, 1.54) is 0 Å². The van der Waals surface area contributed by atoms with Gasteiger partial charge in [0.2, 0.25) is 5.91 Å². The minimum absolute atomic E-state index is 0.00168. The maximum absolute atomic E-state index is 16.6. The normalized spacial score (nSPS) is 18.9. The number of amides is 1. The number of fused-ring (bicyclic) bond motifs is 2. The summed E-state index contributed by atoms with van der Waals surface area (Å²) in [4.78, 5) is 26.7. The van der Waals surface area contributed by atoms with E-state index in [-0.39, 0.29) is 53.8 Å². The number of rotatable bonds is 7. The summed E-state index contributed by atoms with van der Waals surface area (Å²) in [5, 5.41) is 2.49. The first-order valence-electron chi connectivity index (χ1n) is 14.0. The van der Waals surface area contributed by atoms with Crippen LogP contribution in [0.15, 0.2) is 48.5 Å². The van der Waals surface area contributed by atoms with E-state index in [0.29, 0.717) is 49.4 Å². The second-order valence-corrected chi connectivity index (χ2v) is 11.5. The molecule has 0 saturated carbocycles. The first kappa shape index (κ1) is 28.5. The van der Waals surface area contributed by atoms with Crippen LogP contribution in [0.3, 0.4) is 0 Å². The fourth-order valence-electron chi connectivity index (χ4n) is 5.99. The fourth-order valence-corrected chi connectivity index (χ4v) is 6.29. The average Bonchev–Trinajstić information content (AvgIpc) is 2.94. The first-order chi connectivity index (χ1) is 20.1. The van der Waals surface area contributed by atoms with Gasteiger partial charge in [0.25, 0.3) is 5.92 Å². The van der Waals surface area contributed by atoms with Crippen molar-refractivity contribution in [3.63, 3.8) is 0 Å². The fraction of sp³-hybridized carbons (Fsp3) is 0.387. The van der Waals surface area contributed by atoms with Crippen LogP contribution in [0.4, 0.5) is 19.0 Å². The van der Waals surface area contributed by atoms with Crippen LogP contribution in [-0.2, 0) is 4.79 Å². The topological polar surface area (TPSA) is 61.8 Å². The first-order valence-corrected chi connectivity index (χ1v) is 14.4. The Bertz CT molecular complexity index is 1660. The maximum atomic E-state index is 16.6. The van der Waals surface area contributed by atoms with Gasteiger partial charge in [0, 0.05) is 50.1 Å². The second kappa shape index (κ2) is 11.2. The summed E-state index contributed by atoms with van der Waals surface area (Å²) < 4.78 is 48.8. The van der Waals surface area contributed by atoms with Crippen LogP contribution in [0.5, 0.6) is 6.01 Å². The van der Waals surface area contributed by atoms with E-state index in [1.807, 2.05) is 54.3 Å². The molecule has 0 radical (unpaired) electrons. The minimum Gasteiger partial charge on any atom is -0.463 e. The number of hydrogen-bond acceptors (Lipinski definition) is 6. The number of piperazine rings is 1. The third-order valence-electron chi connectivity index (χ3n) is 7.99. The van der Waals surface area contributed by atoms with Crippen LogP contribution in [0.2, 0.25) is 5.02 Å². The lowest BCUT2D eigenvalue weighted by Gasteiger charge is -2.40. The van der Waals surface area contributed by atoms with Gasteiger partial charge in [-0.15, -0.1) is 0 Å². The van der Waals surface area contributed by atoms with Crippen LogP contribution in [0.1, 0.15) is 20.3 Å². The Morgan fingerprint density at radius 2 is 1.86 bits per heavy atom. The largest absolute Gasteiger partial charge is 0.463 e. The van der Waals surface area contributed by atoms with Crippen molar-refractivity contribution in [3.05, 3.63) is 59.4 Å². The smallest absolute Gasteiger partial charge is 0.319 e. The molecule has 2 fully saturated rings. The Labute approximate surface area is 246 Å². The lowest BCUT2D eigenvalue weighted by atomic mass is 9.96. The van der Waals surface area contributed by atoms with Gasteiger partial charge in [-0.2, -0.15) is 9.97 Å². The summed E-state index contributed by atoms with van der Waals surface area (Å²) in [5.74, 6) is -2.74. The molecule has 2 saturated heterocycles. The summed E-state index contributed by atoms with van der Waals surface area (Å²) in [7, 11) is 0. The van der Waals surface area contributed by atoms with Gasteiger partial charge >= 0.3 is 6.01 Å². The summed E-state index contributed by atoms with van der Waals surface area (Å²) >= 11 is 6.80. The summed E-state index contributed by atoms with van der Waals surface area (Å²) in [5.41, 5.74) is 0.964. The highest BCUT2D eigenvalue weighted by Gasteiger charge is 2.43. The Morgan fingerprint density at radius 3 is 2.60 bits per heavy atom. The molecule has 220 valence electrons. The number of carbonyl (C=O) groups excluding carboxylic acids is 1. The predicted octanol–water partition coefficient (Wildman–Crippen LogP) is 6.02. The van der Waals surface area contributed by atoms with E-state index < -0.39 is 11.7 Å². The van der Waals surface area contributed by atoms with Crippen molar-refractivity contribution < 1.29 is 22.7 Å². The summed E-state index contributed by atoms with van der Waals surface area (Å²) in [6.45, 7) is 5.10. The molecule has 2 aliphatic rings.